The molecule has 0 spiro atoms. The molecule has 0 saturated heterocycles. The van der Waals surface area contributed by atoms with Crippen molar-refractivity contribution < 1.29 is 9.59 Å². The van der Waals surface area contributed by atoms with Gasteiger partial charge in [0.15, 0.2) is 0 Å². The Morgan fingerprint density at radius 1 is 1.65 bits per heavy atom. The van der Waals surface area contributed by atoms with Crippen molar-refractivity contribution in [3.8, 4) is 0 Å². The molecule has 1 unspecified atom stereocenters. The summed E-state index contributed by atoms with van der Waals surface area (Å²) in [7, 11) is 4.80. The highest BCUT2D eigenvalue weighted by Gasteiger charge is 2.22. The Balaban J connectivity index is 2.66. The van der Waals surface area contributed by atoms with Crippen molar-refractivity contribution >= 4 is 11.8 Å². The van der Waals surface area contributed by atoms with Gasteiger partial charge in [-0.3, -0.25) is 14.3 Å². The zero-order chi connectivity index (χ0) is 13.0. The molecule has 0 aromatic carbocycles. The third-order valence-electron chi connectivity index (χ3n) is 2.39. The average Bonchev–Trinajstić information content (AvgIpc) is 2.73. The van der Waals surface area contributed by atoms with Crippen LogP contribution in [0.25, 0.3) is 0 Å². The van der Waals surface area contributed by atoms with E-state index in [0.29, 0.717) is 5.56 Å². The molecule has 0 bridgehead atoms. The lowest BCUT2D eigenvalue weighted by molar-refractivity contribution is -0.135. The fourth-order valence-electron chi connectivity index (χ4n) is 1.35. The molecule has 0 radical (unpaired) electrons. The molecule has 7 nitrogen and oxygen atoms in total. The fraction of sp³-hybridized carbons (Fsp3) is 0.500. The Morgan fingerprint density at radius 3 is 2.76 bits per heavy atom. The maximum Gasteiger partial charge on any atom is 0.244 e. The SMILES string of the molecule is CNC(=O)CN(C)C(=O)C(N)c1cnn(C)c1. The quantitative estimate of drug-likeness (QED) is 0.677. The zero-order valence-corrected chi connectivity index (χ0v) is 10.2. The maximum absolute atomic E-state index is 11.9. The Kier molecular flexibility index (Phi) is 4.22. The van der Waals surface area contributed by atoms with Gasteiger partial charge in [-0.2, -0.15) is 5.10 Å². The van der Waals surface area contributed by atoms with Crippen LogP contribution >= 0.6 is 0 Å². The average molecular weight is 239 g/mol. The molecule has 0 aliphatic rings. The van der Waals surface area contributed by atoms with E-state index < -0.39 is 6.04 Å². The predicted molar refractivity (Wildman–Crippen MR) is 61.8 cm³/mol. The number of aryl methyl sites for hydroxylation is 1. The fourth-order valence-corrected chi connectivity index (χ4v) is 1.35. The molecule has 2 amide bonds. The van der Waals surface area contributed by atoms with Crippen LogP contribution in [0.4, 0.5) is 0 Å². The van der Waals surface area contributed by atoms with Crippen LogP contribution in [0.2, 0.25) is 0 Å². The minimum atomic E-state index is -0.793. The molecule has 1 rings (SSSR count). The molecular formula is C10H17N5O2. The number of nitrogens with zero attached hydrogens (tertiary/aromatic N) is 3. The largest absolute Gasteiger partial charge is 0.358 e. The number of aromatic nitrogens is 2. The molecule has 1 aromatic rings. The highest BCUT2D eigenvalue weighted by atomic mass is 16.2. The monoisotopic (exact) mass is 239 g/mol. The van der Waals surface area contributed by atoms with Gasteiger partial charge >= 0.3 is 0 Å². The molecule has 17 heavy (non-hydrogen) atoms. The van der Waals surface area contributed by atoms with Crippen molar-refractivity contribution in [2.45, 2.75) is 6.04 Å². The van der Waals surface area contributed by atoms with E-state index in [2.05, 4.69) is 10.4 Å². The number of amides is 2. The van der Waals surface area contributed by atoms with Crippen LogP contribution < -0.4 is 11.1 Å². The number of nitrogens with one attached hydrogen (secondary N) is 1. The first-order valence-electron chi connectivity index (χ1n) is 5.15. The summed E-state index contributed by atoms with van der Waals surface area (Å²) in [5.74, 6) is -0.555. The van der Waals surface area contributed by atoms with Gasteiger partial charge in [-0.1, -0.05) is 0 Å². The van der Waals surface area contributed by atoms with E-state index in [1.54, 1.807) is 17.9 Å². The van der Waals surface area contributed by atoms with Crippen molar-refractivity contribution in [1.82, 2.24) is 20.0 Å². The lowest BCUT2D eigenvalue weighted by atomic mass is 10.1. The Bertz CT molecular complexity index is 415. The summed E-state index contributed by atoms with van der Waals surface area (Å²) in [5, 5.41) is 6.39. The smallest absolute Gasteiger partial charge is 0.244 e. The Labute approximate surface area is 99.6 Å². The van der Waals surface area contributed by atoms with E-state index in [9.17, 15) is 9.59 Å². The van der Waals surface area contributed by atoms with Crippen LogP contribution in [0.1, 0.15) is 11.6 Å². The van der Waals surface area contributed by atoms with Gasteiger partial charge in [0.2, 0.25) is 11.8 Å². The van der Waals surface area contributed by atoms with E-state index in [1.165, 1.54) is 25.2 Å². The number of carbonyl (C=O) groups excluding carboxylic acids is 2. The van der Waals surface area contributed by atoms with E-state index in [4.69, 9.17) is 5.73 Å². The lowest BCUT2D eigenvalue weighted by Gasteiger charge is -2.19. The van der Waals surface area contributed by atoms with E-state index in [1.807, 2.05) is 0 Å². The molecule has 0 aliphatic heterocycles. The summed E-state index contributed by atoms with van der Waals surface area (Å²) in [6, 6.07) is -0.793. The molecular weight excluding hydrogens is 222 g/mol. The number of rotatable bonds is 4. The number of hydrogen-bond acceptors (Lipinski definition) is 4. The van der Waals surface area contributed by atoms with Crippen molar-refractivity contribution in [2.75, 3.05) is 20.6 Å². The number of likely N-dealkylation sites (N-methyl/N-ethyl adjacent to an activating group) is 2. The van der Waals surface area contributed by atoms with Crippen LogP contribution in [0.15, 0.2) is 12.4 Å². The third kappa shape index (κ3) is 3.28. The van der Waals surface area contributed by atoms with E-state index >= 15 is 0 Å². The standard InChI is InChI=1S/C10H17N5O2/c1-12-8(16)6-14(2)10(17)9(11)7-4-13-15(3)5-7/h4-5,9H,6,11H2,1-3H3,(H,12,16). The second-order valence-electron chi connectivity index (χ2n) is 3.79. The summed E-state index contributed by atoms with van der Waals surface area (Å²) in [6.07, 6.45) is 3.21. The highest BCUT2D eigenvalue weighted by Crippen LogP contribution is 2.10. The van der Waals surface area contributed by atoms with Gasteiger partial charge in [-0.25, -0.2) is 0 Å². The highest BCUT2D eigenvalue weighted by molar-refractivity contribution is 5.87. The van der Waals surface area contributed by atoms with Crippen LogP contribution in [0.5, 0.6) is 0 Å². The van der Waals surface area contributed by atoms with Gasteiger partial charge in [-0.15, -0.1) is 0 Å². The van der Waals surface area contributed by atoms with Crippen molar-refractivity contribution in [3.63, 3.8) is 0 Å². The molecule has 1 atom stereocenters. The van der Waals surface area contributed by atoms with Gasteiger partial charge in [0.25, 0.3) is 0 Å². The van der Waals surface area contributed by atoms with Gasteiger partial charge < -0.3 is 16.0 Å². The summed E-state index contributed by atoms with van der Waals surface area (Å²) < 4.78 is 1.57. The normalized spacial score (nSPS) is 12.0. The van der Waals surface area contributed by atoms with Gasteiger partial charge in [-0.05, 0) is 0 Å². The molecule has 3 N–H and O–H groups in total. The lowest BCUT2D eigenvalue weighted by Crippen LogP contribution is -2.41. The number of hydrogen-bond donors (Lipinski definition) is 2. The molecule has 0 saturated carbocycles. The van der Waals surface area contributed by atoms with Gasteiger partial charge in [0, 0.05) is 32.9 Å². The van der Waals surface area contributed by atoms with Gasteiger partial charge in [0.1, 0.15) is 6.04 Å². The predicted octanol–water partition coefficient (Wildman–Crippen LogP) is -1.38. The molecule has 1 heterocycles. The number of carbonyl (C=O) groups is 2. The van der Waals surface area contributed by atoms with Crippen LogP contribution in [-0.2, 0) is 16.6 Å². The molecule has 1 aromatic heterocycles. The molecule has 0 aliphatic carbocycles. The Morgan fingerprint density at radius 2 is 2.29 bits per heavy atom. The topological polar surface area (TPSA) is 93.2 Å². The minimum absolute atomic E-state index is 0.0106. The van der Waals surface area contributed by atoms with Crippen LogP contribution in [0.3, 0.4) is 0 Å². The summed E-state index contributed by atoms with van der Waals surface area (Å²) in [5.41, 5.74) is 6.42. The molecule has 7 heteroatoms. The summed E-state index contributed by atoms with van der Waals surface area (Å²) in [6.45, 7) is -0.0106. The van der Waals surface area contributed by atoms with Crippen LogP contribution in [-0.4, -0.2) is 47.1 Å². The first-order valence-corrected chi connectivity index (χ1v) is 5.15. The van der Waals surface area contributed by atoms with Crippen molar-refractivity contribution in [2.24, 2.45) is 12.8 Å². The molecule has 0 fully saturated rings. The second kappa shape index (κ2) is 5.44. The number of nitrogens with two attached hydrogens (primary N) is 1. The van der Waals surface area contributed by atoms with E-state index in [0.717, 1.165) is 0 Å². The second-order valence-corrected chi connectivity index (χ2v) is 3.79. The maximum atomic E-state index is 11.9. The Hall–Kier alpha value is -1.89. The summed E-state index contributed by atoms with van der Waals surface area (Å²) >= 11 is 0. The summed E-state index contributed by atoms with van der Waals surface area (Å²) in [4.78, 5) is 24.3. The van der Waals surface area contributed by atoms with Crippen molar-refractivity contribution in [1.29, 1.82) is 0 Å². The minimum Gasteiger partial charge on any atom is -0.358 e. The zero-order valence-electron chi connectivity index (χ0n) is 10.2. The van der Waals surface area contributed by atoms with E-state index in [-0.39, 0.29) is 18.4 Å². The first kappa shape index (κ1) is 13.2. The van der Waals surface area contributed by atoms with Gasteiger partial charge in [0.05, 0.1) is 12.7 Å². The molecule has 94 valence electrons. The first-order chi connectivity index (χ1) is 7.95. The van der Waals surface area contributed by atoms with Crippen molar-refractivity contribution in [3.05, 3.63) is 18.0 Å². The third-order valence-corrected chi connectivity index (χ3v) is 2.39. The van der Waals surface area contributed by atoms with Crippen LogP contribution in [0, 0.1) is 0 Å².